The second-order valence-electron chi connectivity index (χ2n) is 6.72. The van der Waals surface area contributed by atoms with Gasteiger partial charge in [0.2, 0.25) is 0 Å². The maximum atomic E-state index is 12.6. The molecule has 0 radical (unpaired) electrons. The van der Waals surface area contributed by atoms with Gasteiger partial charge in [0.05, 0.1) is 6.10 Å². The van der Waals surface area contributed by atoms with Crippen LogP contribution in [0.2, 0.25) is 0 Å². The molecule has 29 heavy (non-hydrogen) atoms. The van der Waals surface area contributed by atoms with E-state index in [1.165, 1.54) is 0 Å². The van der Waals surface area contributed by atoms with Gasteiger partial charge in [-0.3, -0.25) is 9.59 Å². The first kappa shape index (κ1) is 20.1. The number of carbonyl (C=O) groups excluding carboxylic acids is 2. The second kappa shape index (κ2) is 9.55. The molecular weight excluding hydrogens is 364 g/mol. The van der Waals surface area contributed by atoms with Crippen molar-refractivity contribution in [1.82, 2.24) is 0 Å². The Morgan fingerprint density at radius 3 is 2.03 bits per heavy atom. The summed E-state index contributed by atoms with van der Waals surface area (Å²) in [6, 6.07) is 23.1. The second-order valence-corrected chi connectivity index (χ2v) is 6.72. The number of benzene rings is 3. The van der Waals surface area contributed by atoms with Crippen LogP contribution in [0.1, 0.15) is 41.0 Å². The van der Waals surface area contributed by atoms with E-state index < -0.39 is 0 Å². The lowest BCUT2D eigenvalue weighted by atomic mass is 10.2. The van der Waals surface area contributed by atoms with Crippen LogP contribution < -0.4 is 15.4 Å². The SMILES string of the molecule is CCC(C)Oc1cccc(C(=O)Nc2cccc(NC(=O)c3ccccc3)c2)c1. The van der Waals surface area contributed by atoms with Crippen molar-refractivity contribution in [3.8, 4) is 5.75 Å². The maximum absolute atomic E-state index is 12.6. The van der Waals surface area contributed by atoms with Crippen molar-refractivity contribution in [1.29, 1.82) is 0 Å². The third-order valence-corrected chi connectivity index (χ3v) is 4.42. The first-order chi connectivity index (χ1) is 14.0. The van der Waals surface area contributed by atoms with Gasteiger partial charge in [0.15, 0.2) is 0 Å². The zero-order chi connectivity index (χ0) is 20.6. The van der Waals surface area contributed by atoms with E-state index in [-0.39, 0.29) is 17.9 Å². The van der Waals surface area contributed by atoms with Crippen LogP contribution in [-0.4, -0.2) is 17.9 Å². The summed E-state index contributed by atoms with van der Waals surface area (Å²) in [6.07, 6.45) is 0.969. The molecule has 5 heteroatoms. The van der Waals surface area contributed by atoms with E-state index in [2.05, 4.69) is 10.6 Å². The summed E-state index contributed by atoms with van der Waals surface area (Å²) < 4.78 is 5.78. The van der Waals surface area contributed by atoms with Crippen LogP contribution >= 0.6 is 0 Å². The fourth-order valence-corrected chi connectivity index (χ4v) is 2.70. The third kappa shape index (κ3) is 5.69. The summed E-state index contributed by atoms with van der Waals surface area (Å²) in [4.78, 5) is 24.9. The molecule has 3 aromatic carbocycles. The van der Waals surface area contributed by atoms with Gasteiger partial charge in [0.25, 0.3) is 11.8 Å². The van der Waals surface area contributed by atoms with E-state index >= 15 is 0 Å². The zero-order valence-electron chi connectivity index (χ0n) is 16.5. The molecule has 1 unspecified atom stereocenters. The summed E-state index contributed by atoms with van der Waals surface area (Å²) in [5.74, 6) is 0.214. The average molecular weight is 388 g/mol. The van der Waals surface area contributed by atoms with Crippen molar-refractivity contribution in [3.05, 3.63) is 90.0 Å². The van der Waals surface area contributed by atoms with Crippen molar-refractivity contribution in [2.75, 3.05) is 10.6 Å². The Morgan fingerprint density at radius 1 is 0.793 bits per heavy atom. The highest BCUT2D eigenvalue weighted by Gasteiger charge is 2.10. The molecule has 0 saturated heterocycles. The van der Waals surface area contributed by atoms with Gasteiger partial charge in [0, 0.05) is 22.5 Å². The third-order valence-electron chi connectivity index (χ3n) is 4.42. The standard InChI is InChI=1S/C24H24N2O3/c1-3-17(2)29-22-14-7-11-19(15-22)24(28)26-21-13-8-12-20(16-21)25-23(27)18-9-5-4-6-10-18/h4-17H,3H2,1-2H3,(H,25,27)(H,26,28). The molecule has 0 aromatic heterocycles. The van der Waals surface area contributed by atoms with Crippen LogP contribution in [-0.2, 0) is 0 Å². The van der Waals surface area contributed by atoms with Gasteiger partial charge in [-0.1, -0.05) is 37.3 Å². The Kier molecular flexibility index (Phi) is 6.63. The molecule has 0 bridgehead atoms. The Labute approximate surface area is 170 Å². The lowest BCUT2D eigenvalue weighted by Crippen LogP contribution is -2.14. The molecule has 0 aliphatic heterocycles. The number of hydrogen-bond acceptors (Lipinski definition) is 3. The van der Waals surface area contributed by atoms with Crippen molar-refractivity contribution >= 4 is 23.2 Å². The molecular formula is C24H24N2O3. The molecule has 2 N–H and O–H groups in total. The van der Waals surface area contributed by atoms with Gasteiger partial charge in [-0.15, -0.1) is 0 Å². The van der Waals surface area contributed by atoms with E-state index in [4.69, 9.17) is 4.74 Å². The van der Waals surface area contributed by atoms with Gasteiger partial charge >= 0.3 is 0 Å². The lowest BCUT2D eigenvalue weighted by Gasteiger charge is -2.13. The average Bonchev–Trinajstić information content (AvgIpc) is 2.74. The molecule has 0 aliphatic rings. The molecule has 0 heterocycles. The summed E-state index contributed by atoms with van der Waals surface area (Å²) in [7, 11) is 0. The monoisotopic (exact) mass is 388 g/mol. The number of hydrogen-bond donors (Lipinski definition) is 2. The zero-order valence-corrected chi connectivity index (χ0v) is 16.5. The normalized spacial score (nSPS) is 11.4. The first-order valence-corrected chi connectivity index (χ1v) is 9.59. The number of amides is 2. The predicted octanol–water partition coefficient (Wildman–Crippen LogP) is 5.37. The van der Waals surface area contributed by atoms with Crippen LogP contribution in [0.3, 0.4) is 0 Å². The highest BCUT2D eigenvalue weighted by atomic mass is 16.5. The number of carbonyl (C=O) groups is 2. The van der Waals surface area contributed by atoms with E-state index in [0.29, 0.717) is 28.3 Å². The fraction of sp³-hybridized carbons (Fsp3) is 0.167. The Hall–Kier alpha value is -3.60. The number of rotatable bonds is 7. The molecule has 0 fully saturated rings. The van der Waals surface area contributed by atoms with Crippen LogP contribution in [0.4, 0.5) is 11.4 Å². The first-order valence-electron chi connectivity index (χ1n) is 9.59. The van der Waals surface area contributed by atoms with Crippen LogP contribution in [0.25, 0.3) is 0 Å². The minimum Gasteiger partial charge on any atom is -0.491 e. The fourth-order valence-electron chi connectivity index (χ4n) is 2.70. The minimum absolute atomic E-state index is 0.0817. The van der Waals surface area contributed by atoms with Gasteiger partial charge in [0.1, 0.15) is 5.75 Å². The van der Waals surface area contributed by atoms with Crippen LogP contribution in [0, 0.1) is 0 Å². The molecule has 148 valence electrons. The van der Waals surface area contributed by atoms with Crippen LogP contribution in [0.5, 0.6) is 5.75 Å². The number of anilines is 2. The van der Waals surface area contributed by atoms with E-state index in [0.717, 1.165) is 6.42 Å². The Balaban J connectivity index is 1.68. The molecule has 2 amide bonds. The summed E-state index contributed by atoms with van der Waals surface area (Å²) in [6.45, 7) is 4.03. The molecule has 1 atom stereocenters. The van der Waals surface area contributed by atoms with E-state index in [9.17, 15) is 9.59 Å². The Bertz CT molecular complexity index is 986. The minimum atomic E-state index is -0.244. The van der Waals surface area contributed by atoms with Crippen LogP contribution in [0.15, 0.2) is 78.9 Å². The molecule has 3 rings (SSSR count). The topological polar surface area (TPSA) is 67.4 Å². The smallest absolute Gasteiger partial charge is 0.255 e. The summed E-state index contributed by atoms with van der Waals surface area (Å²) in [5.41, 5.74) is 2.27. The maximum Gasteiger partial charge on any atom is 0.255 e. The largest absolute Gasteiger partial charge is 0.491 e. The highest BCUT2D eigenvalue weighted by molar-refractivity contribution is 6.06. The van der Waals surface area contributed by atoms with Crippen molar-refractivity contribution in [3.63, 3.8) is 0 Å². The van der Waals surface area contributed by atoms with Gasteiger partial charge < -0.3 is 15.4 Å². The molecule has 0 spiro atoms. The highest BCUT2D eigenvalue weighted by Crippen LogP contribution is 2.19. The lowest BCUT2D eigenvalue weighted by molar-refractivity contribution is 0.101. The number of nitrogens with one attached hydrogen (secondary N) is 2. The molecule has 3 aromatic rings. The molecule has 5 nitrogen and oxygen atoms in total. The number of ether oxygens (including phenoxy) is 1. The Morgan fingerprint density at radius 2 is 1.38 bits per heavy atom. The van der Waals surface area contributed by atoms with Crippen molar-refractivity contribution in [2.24, 2.45) is 0 Å². The predicted molar refractivity (Wildman–Crippen MR) is 116 cm³/mol. The van der Waals surface area contributed by atoms with Gasteiger partial charge in [-0.2, -0.15) is 0 Å². The van der Waals surface area contributed by atoms with Gasteiger partial charge in [-0.25, -0.2) is 0 Å². The van der Waals surface area contributed by atoms with E-state index in [1.54, 1.807) is 54.6 Å². The summed E-state index contributed by atoms with van der Waals surface area (Å²) in [5, 5.41) is 5.70. The summed E-state index contributed by atoms with van der Waals surface area (Å²) >= 11 is 0. The van der Waals surface area contributed by atoms with Crippen molar-refractivity contribution < 1.29 is 14.3 Å². The molecule has 0 saturated carbocycles. The molecule has 0 aliphatic carbocycles. The van der Waals surface area contributed by atoms with Gasteiger partial charge in [-0.05, 0) is 61.9 Å². The van der Waals surface area contributed by atoms with Crippen molar-refractivity contribution in [2.45, 2.75) is 26.4 Å². The van der Waals surface area contributed by atoms with E-state index in [1.807, 2.05) is 38.1 Å². The quantitative estimate of drug-likeness (QED) is 0.572.